The van der Waals surface area contributed by atoms with Crippen molar-refractivity contribution < 1.29 is 4.74 Å². The van der Waals surface area contributed by atoms with Crippen LogP contribution in [0.5, 0.6) is 0 Å². The molecular weight excluding hydrogens is 242 g/mol. The van der Waals surface area contributed by atoms with E-state index in [0.717, 1.165) is 43.7 Å². The van der Waals surface area contributed by atoms with Crippen LogP contribution < -0.4 is 10.9 Å². The number of ether oxygens (including phenoxy) is 1. The van der Waals surface area contributed by atoms with E-state index in [9.17, 15) is 4.79 Å². The van der Waals surface area contributed by atoms with Crippen molar-refractivity contribution in [2.45, 2.75) is 57.3 Å². The highest BCUT2D eigenvalue weighted by molar-refractivity contribution is 5.11. The fourth-order valence-corrected chi connectivity index (χ4v) is 3.11. The number of nitrogens with zero attached hydrogens (tertiary/aromatic N) is 1. The van der Waals surface area contributed by atoms with E-state index in [1.807, 2.05) is 0 Å². The van der Waals surface area contributed by atoms with Gasteiger partial charge in [-0.1, -0.05) is 6.92 Å². The molecule has 2 fully saturated rings. The smallest absolute Gasteiger partial charge is 0.251 e. The summed E-state index contributed by atoms with van der Waals surface area (Å²) in [5, 5.41) is 3.28. The molecule has 0 radical (unpaired) electrons. The molecule has 0 amide bonds. The molecule has 2 bridgehead atoms. The highest BCUT2D eigenvalue weighted by Crippen LogP contribution is 2.43. The first-order valence-corrected chi connectivity index (χ1v) is 7.22. The first-order chi connectivity index (χ1) is 9.26. The molecular formula is C14H21N3O2. The number of hydrogen-bond donors (Lipinski definition) is 2. The topological polar surface area (TPSA) is 67.0 Å². The Morgan fingerprint density at radius 3 is 3.11 bits per heavy atom. The van der Waals surface area contributed by atoms with Gasteiger partial charge in [0.15, 0.2) is 0 Å². The van der Waals surface area contributed by atoms with Gasteiger partial charge in [0.05, 0.1) is 17.9 Å². The molecule has 1 aromatic rings. The van der Waals surface area contributed by atoms with E-state index in [-0.39, 0.29) is 17.6 Å². The van der Waals surface area contributed by atoms with Gasteiger partial charge in [0.2, 0.25) is 0 Å². The minimum absolute atomic E-state index is 0.0546. The Hall–Kier alpha value is -1.20. The minimum atomic E-state index is -0.0546. The Balaban J connectivity index is 1.76. The molecule has 5 heteroatoms. The summed E-state index contributed by atoms with van der Waals surface area (Å²) in [5.74, 6) is 1.09. The standard InChI is InChI=1S/C14H21N3O2/c1-2-5-15-8-9-6-13(18)17-14(16-9)11-7-10-3-4-12(11)19-10/h6,10-12,15H,2-5,7-8H2,1H3,(H,16,17,18). The Morgan fingerprint density at radius 2 is 2.42 bits per heavy atom. The van der Waals surface area contributed by atoms with Gasteiger partial charge in [-0.3, -0.25) is 4.79 Å². The number of aromatic amines is 1. The molecule has 2 aliphatic rings. The van der Waals surface area contributed by atoms with E-state index >= 15 is 0 Å². The van der Waals surface area contributed by atoms with Crippen LogP contribution in [0.4, 0.5) is 0 Å². The lowest BCUT2D eigenvalue weighted by atomic mass is 9.88. The summed E-state index contributed by atoms with van der Waals surface area (Å²) >= 11 is 0. The van der Waals surface area contributed by atoms with Crippen LogP contribution in [-0.2, 0) is 11.3 Å². The van der Waals surface area contributed by atoms with E-state index in [1.54, 1.807) is 6.07 Å². The third-order valence-electron chi connectivity index (χ3n) is 4.00. The maximum absolute atomic E-state index is 11.7. The summed E-state index contributed by atoms with van der Waals surface area (Å²) in [5.41, 5.74) is 0.774. The molecule has 5 nitrogen and oxygen atoms in total. The van der Waals surface area contributed by atoms with Gasteiger partial charge in [0.25, 0.3) is 5.56 Å². The monoisotopic (exact) mass is 263 g/mol. The quantitative estimate of drug-likeness (QED) is 0.786. The first kappa shape index (κ1) is 12.8. The lowest BCUT2D eigenvalue weighted by Gasteiger charge is -2.18. The van der Waals surface area contributed by atoms with Gasteiger partial charge in [-0.15, -0.1) is 0 Å². The summed E-state index contributed by atoms with van der Waals surface area (Å²) in [6, 6.07) is 1.58. The maximum atomic E-state index is 11.7. The van der Waals surface area contributed by atoms with E-state index in [2.05, 4.69) is 22.2 Å². The second-order valence-electron chi connectivity index (χ2n) is 5.51. The largest absolute Gasteiger partial charge is 0.374 e. The van der Waals surface area contributed by atoms with Crippen molar-refractivity contribution in [3.8, 4) is 0 Å². The van der Waals surface area contributed by atoms with Crippen LogP contribution in [0.3, 0.4) is 0 Å². The van der Waals surface area contributed by atoms with E-state index in [4.69, 9.17) is 4.74 Å². The third kappa shape index (κ3) is 2.72. The molecule has 3 rings (SSSR count). The number of aromatic nitrogens is 2. The van der Waals surface area contributed by atoms with Crippen molar-refractivity contribution in [1.29, 1.82) is 0 Å². The first-order valence-electron chi connectivity index (χ1n) is 7.22. The fraction of sp³-hybridized carbons (Fsp3) is 0.714. The Morgan fingerprint density at radius 1 is 1.53 bits per heavy atom. The molecule has 2 N–H and O–H groups in total. The van der Waals surface area contributed by atoms with Gasteiger partial charge in [-0.25, -0.2) is 4.98 Å². The van der Waals surface area contributed by atoms with Crippen LogP contribution in [0.25, 0.3) is 0 Å². The lowest BCUT2D eigenvalue weighted by Crippen LogP contribution is -2.24. The SMILES string of the molecule is CCCNCc1cc(=O)[nH]c(C2CC3CCC2O3)n1. The molecule has 1 aromatic heterocycles. The van der Waals surface area contributed by atoms with Crippen molar-refractivity contribution in [2.24, 2.45) is 0 Å². The van der Waals surface area contributed by atoms with Crippen LogP contribution >= 0.6 is 0 Å². The predicted octanol–water partition coefficient (Wildman–Crippen LogP) is 1.30. The zero-order chi connectivity index (χ0) is 13.2. The van der Waals surface area contributed by atoms with Gasteiger partial charge < -0.3 is 15.0 Å². The van der Waals surface area contributed by atoms with Crippen molar-refractivity contribution in [1.82, 2.24) is 15.3 Å². The third-order valence-corrected chi connectivity index (χ3v) is 4.00. The zero-order valence-corrected chi connectivity index (χ0v) is 11.3. The summed E-state index contributed by atoms with van der Waals surface area (Å²) in [6.45, 7) is 3.73. The van der Waals surface area contributed by atoms with Gasteiger partial charge >= 0.3 is 0 Å². The number of rotatable bonds is 5. The van der Waals surface area contributed by atoms with Crippen LogP contribution in [-0.4, -0.2) is 28.7 Å². The van der Waals surface area contributed by atoms with Gasteiger partial charge in [0, 0.05) is 18.5 Å². The zero-order valence-electron chi connectivity index (χ0n) is 11.3. The molecule has 0 aliphatic carbocycles. The maximum Gasteiger partial charge on any atom is 0.251 e. The molecule has 104 valence electrons. The molecule has 3 atom stereocenters. The summed E-state index contributed by atoms with van der Waals surface area (Å²) in [7, 11) is 0. The highest BCUT2D eigenvalue weighted by atomic mass is 16.5. The van der Waals surface area contributed by atoms with Crippen LogP contribution in [0.15, 0.2) is 10.9 Å². The minimum Gasteiger partial charge on any atom is -0.374 e. The van der Waals surface area contributed by atoms with Crippen LogP contribution in [0, 0.1) is 0 Å². The molecule has 0 aromatic carbocycles. The van der Waals surface area contributed by atoms with E-state index in [0.29, 0.717) is 12.6 Å². The van der Waals surface area contributed by atoms with Crippen molar-refractivity contribution in [2.75, 3.05) is 6.54 Å². The normalized spacial score (nSPS) is 29.0. The predicted molar refractivity (Wildman–Crippen MR) is 72.1 cm³/mol. The fourth-order valence-electron chi connectivity index (χ4n) is 3.11. The highest BCUT2D eigenvalue weighted by Gasteiger charge is 2.42. The second-order valence-corrected chi connectivity index (χ2v) is 5.51. The van der Waals surface area contributed by atoms with Gasteiger partial charge in [0.1, 0.15) is 5.82 Å². The van der Waals surface area contributed by atoms with Crippen LogP contribution in [0.1, 0.15) is 50.0 Å². The lowest BCUT2D eigenvalue weighted by molar-refractivity contribution is 0.0998. The van der Waals surface area contributed by atoms with Crippen LogP contribution in [0.2, 0.25) is 0 Å². The number of fused-ring (bicyclic) bond motifs is 2. The molecule has 0 saturated carbocycles. The van der Waals surface area contributed by atoms with Crippen molar-refractivity contribution in [3.63, 3.8) is 0 Å². The summed E-state index contributed by atoms with van der Waals surface area (Å²) < 4.78 is 5.84. The Labute approximate surface area is 112 Å². The van der Waals surface area contributed by atoms with E-state index in [1.165, 1.54) is 0 Å². The van der Waals surface area contributed by atoms with Gasteiger partial charge in [-0.2, -0.15) is 0 Å². The molecule has 0 spiro atoms. The Bertz CT molecular complexity index is 500. The molecule has 3 unspecified atom stereocenters. The molecule has 2 aliphatic heterocycles. The number of H-pyrrole nitrogens is 1. The van der Waals surface area contributed by atoms with Gasteiger partial charge in [-0.05, 0) is 32.2 Å². The average Bonchev–Trinajstić information content (AvgIpc) is 3.00. The summed E-state index contributed by atoms with van der Waals surface area (Å²) in [6.07, 6.45) is 4.96. The number of nitrogens with one attached hydrogen (secondary N) is 2. The Kier molecular flexibility index (Phi) is 3.66. The second kappa shape index (κ2) is 5.43. The molecule has 19 heavy (non-hydrogen) atoms. The van der Waals surface area contributed by atoms with E-state index < -0.39 is 0 Å². The number of hydrogen-bond acceptors (Lipinski definition) is 4. The summed E-state index contributed by atoms with van der Waals surface area (Å²) in [4.78, 5) is 19.2. The van der Waals surface area contributed by atoms with Crippen molar-refractivity contribution >= 4 is 0 Å². The molecule has 2 saturated heterocycles. The average molecular weight is 263 g/mol. The van der Waals surface area contributed by atoms with Crippen molar-refractivity contribution in [3.05, 3.63) is 27.9 Å². The molecule has 3 heterocycles.